The second-order valence-electron chi connectivity index (χ2n) is 8.13. The third kappa shape index (κ3) is 5.25. The van der Waals surface area contributed by atoms with Crippen molar-refractivity contribution in [1.29, 1.82) is 0 Å². The molecule has 1 aromatic heterocycles. The Hall–Kier alpha value is -3.19. The predicted octanol–water partition coefficient (Wildman–Crippen LogP) is 3.94. The molecule has 1 N–H and O–H groups in total. The Kier molecular flexibility index (Phi) is 8.22. The van der Waals surface area contributed by atoms with E-state index in [4.69, 9.17) is 4.74 Å². The number of aromatic nitrogens is 1. The topological polar surface area (TPSA) is 83.0 Å². The van der Waals surface area contributed by atoms with Gasteiger partial charge in [0, 0.05) is 31.0 Å². The minimum atomic E-state index is -0.689. The van der Waals surface area contributed by atoms with Gasteiger partial charge in [-0.2, -0.15) is 0 Å². The van der Waals surface area contributed by atoms with Gasteiger partial charge >= 0.3 is 0 Å². The van der Waals surface area contributed by atoms with Crippen molar-refractivity contribution >= 4 is 17.4 Å². The number of benzene rings is 1. The maximum Gasteiger partial charge on any atom is 0.295 e. The first-order valence-corrected chi connectivity index (χ1v) is 11.6. The number of rotatable bonds is 10. The van der Waals surface area contributed by atoms with Gasteiger partial charge in [0.15, 0.2) is 0 Å². The molecule has 1 aliphatic rings. The smallest absolute Gasteiger partial charge is 0.295 e. The summed E-state index contributed by atoms with van der Waals surface area (Å²) < 4.78 is 5.73. The average Bonchev–Trinajstić information content (AvgIpc) is 3.09. The van der Waals surface area contributed by atoms with Gasteiger partial charge in [0.1, 0.15) is 11.5 Å². The molecule has 1 unspecified atom stereocenters. The van der Waals surface area contributed by atoms with Crippen LogP contribution in [0.5, 0.6) is 5.75 Å². The van der Waals surface area contributed by atoms with Gasteiger partial charge in [0.25, 0.3) is 11.7 Å². The summed E-state index contributed by atoms with van der Waals surface area (Å²) in [6.45, 7) is 11.4. The number of nitrogens with zero attached hydrogens (tertiary/aromatic N) is 3. The number of carbonyl (C=O) groups excluding carboxylic acids is 2. The van der Waals surface area contributed by atoms with Crippen molar-refractivity contribution in [1.82, 2.24) is 14.8 Å². The number of ether oxygens (including phenoxy) is 1. The molecule has 1 amide bonds. The van der Waals surface area contributed by atoms with Crippen LogP contribution >= 0.6 is 0 Å². The highest BCUT2D eigenvalue weighted by Gasteiger charge is 2.46. The molecule has 0 radical (unpaired) electrons. The lowest BCUT2D eigenvalue weighted by Gasteiger charge is -2.28. The summed E-state index contributed by atoms with van der Waals surface area (Å²) >= 11 is 0. The van der Waals surface area contributed by atoms with E-state index in [0.29, 0.717) is 30.8 Å². The van der Waals surface area contributed by atoms with Crippen molar-refractivity contribution in [2.24, 2.45) is 0 Å². The maximum absolute atomic E-state index is 13.1. The molecule has 1 saturated heterocycles. The molecule has 1 fully saturated rings. The fraction of sp³-hybridized carbons (Fsp3) is 0.423. The van der Waals surface area contributed by atoms with E-state index in [1.54, 1.807) is 41.6 Å². The van der Waals surface area contributed by atoms with Gasteiger partial charge in [-0.05, 0) is 61.8 Å². The Morgan fingerprint density at radius 2 is 1.94 bits per heavy atom. The van der Waals surface area contributed by atoms with Crippen LogP contribution in [0.3, 0.4) is 0 Å². The second-order valence-corrected chi connectivity index (χ2v) is 8.13. The number of aryl methyl sites for hydroxylation is 1. The van der Waals surface area contributed by atoms with Gasteiger partial charge in [-0.1, -0.05) is 26.8 Å². The van der Waals surface area contributed by atoms with Crippen LogP contribution in [0.1, 0.15) is 49.9 Å². The third-order valence-corrected chi connectivity index (χ3v) is 6.00. The number of likely N-dealkylation sites (tertiary alicyclic amines) is 1. The van der Waals surface area contributed by atoms with Crippen LogP contribution in [-0.4, -0.2) is 64.4 Å². The molecule has 3 rings (SSSR count). The minimum absolute atomic E-state index is 0.0918. The summed E-state index contributed by atoms with van der Waals surface area (Å²) in [5, 5.41) is 11.2. The van der Waals surface area contributed by atoms with Gasteiger partial charge in [-0.25, -0.2) is 0 Å². The van der Waals surface area contributed by atoms with Crippen LogP contribution in [0.4, 0.5) is 0 Å². The summed E-state index contributed by atoms with van der Waals surface area (Å²) in [6, 6.07) is 8.19. The number of likely N-dealkylation sites (N-methyl/N-ethyl adjacent to an activating group) is 1. The van der Waals surface area contributed by atoms with Crippen molar-refractivity contribution in [2.75, 3.05) is 32.8 Å². The largest absolute Gasteiger partial charge is 0.507 e. The van der Waals surface area contributed by atoms with Crippen molar-refractivity contribution in [3.8, 4) is 5.75 Å². The Balaban J connectivity index is 2.04. The number of amides is 1. The number of aliphatic hydroxyl groups excluding tert-OH is 1. The molecule has 1 atom stereocenters. The monoisotopic (exact) mass is 451 g/mol. The highest BCUT2D eigenvalue weighted by atomic mass is 16.5. The van der Waals surface area contributed by atoms with Gasteiger partial charge in [0.05, 0.1) is 18.2 Å². The fourth-order valence-corrected chi connectivity index (χ4v) is 4.11. The number of pyridine rings is 1. The van der Waals surface area contributed by atoms with E-state index in [2.05, 4.69) is 23.7 Å². The molecule has 1 aromatic carbocycles. The molecule has 2 heterocycles. The number of carbonyl (C=O) groups is 2. The first-order valence-electron chi connectivity index (χ1n) is 11.6. The molecule has 176 valence electrons. The summed E-state index contributed by atoms with van der Waals surface area (Å²) in [4.78, 5) is 34.1. The molecule has 1 aliphatic heterocycles. The van der Waals surface area contributed by atoms with E-state index >= 15 is 0 Å². The van der Waals surface area contributed by atoms with E-state index in [1.807, 2.05) is 19.9 Å². The van der Waals surface area contributed by atoms with Gasteiger partial charge in [-0.15, -0.1) is 0 Å². The van der Waals surface area contributed by atoms with Crippen molar-refractivity contribution < 1.29 is 19.4 Å². The average molecular weight is 452 g/mol. The molecule has 2 aromatic rings. The SMILES string of the molecule is CCCOc1ccc(/C(O)=C2/C(=O)C(=O)N(CCN(CC)CC)C2c2cccnc2)cc1C. The molecule has 0 aliphatic carbocycles. The lowest BCUT2D eigenvalue weighted by atomic mass is 9.95. The molecule has 0 spiro atoms. The van der Waals surface area contributed by atoms with Crippen LogP contribution < -0.4 is 4.74 Å². The lowest BCUT2D eigenvalue weighted by Crippen LogP contribution is -2.38. The van der Waals surface area contributed by atoms with Crippen LogP contribution in [-0.2, 0) is 9.59 Å². The summed E-state index contributed by atoms with van der Waals surface area (Å²) in [5.74, 6) is -0.725. The summed E-state index contributed by atoms with van der Waals surface area (Å²) in [7, 11) is 0. The van der Waals surface area contributed by atoms with Crippen molar-refractivity contribution in [2.45, 2.75) is 40.2 Å². The number of Topliss-reactive ketones (excluding diaryl/α,β-unsaturated/α-hetero) is 1. The summed E-state index contributed by atoms with van der Waals surface area (Å²) in [6.07, 6.45) is 4.17. The standard InChI is InChI=1S/C26H33N3O4/c1-5-15-33-21-11-10-19(16-18(21)4)24(30)22-23(20-9-8-12-27-17-20)29(26(32)25(22)31)14-13-28(6-2)7-3/h8-12,16-17,23,30H,5-7,13-15H2,1-4H3/b24-22-. The molecular formula is C26H33N3O4. The van der Waals surface area contributed by atoms with Crippen LogP contribution in [0.25, 0.3) is 5.76 Å². The zero-order chi connectivity index (χ0) is 24.0. The Bertz CT molecular complexity index is 1020. The fourth-order valence-electron chi connectivity index (χ4n) is 4.11. The van der Waals surface area contributed by atoms with Gasteiger partial charge in [-0.3, -0.25) is 14.6 Å². The van der Waals surface area contributed by atoms with E-state index in [1.165, 1.54) is 0 Å². The number of aliphatic hydroxyl groups is 1. The van der Waals surface area contributed by atoms with E-state index in [-0.39, 0.29) is 11.3 Å². The molecule has 33 heavy (non-hydrogen) atoms. The molecule has 7 heteroatoms. The van der Waals surface area contributed by atoms with Crippen molar-refractivity contribution in [3.05, 3.63) is 65.0 Å². The molecule has 7 nitrogen and oxygen atoms in total. The minimum Gasteiger partial charge on any atom is -0.507 e. The third-order valence-electron chi connectivity index (χ3n) is 6.00. The molecule has 0 bridgehead atoms. The Morgan fingerprint density at radius 3 is 2.55 bits per heavy atom. The number of hydrogen-bond donors (Lipinski definition) is 1. The second kappa shape index (κ2) is 11.1. The first-order chi connectivity index (χ1) is 15.9. The van der Waals surface area contributed by atoms with Crippen LogP contribution in [0, 0.1) is 6.92 Å². The zero-order valence-electron chi connectivity index (χ0n) is 19.9. The predicted molar refractivity (Wildman–Crippen MR) is 128 cm³/mol. The maximum atomic E-state index is 13.1. The highest BCUT2D eigenvalue weighted by molar-refractivity contribution is 6.46. The molecular weight excluding hydrogens is 418 g/mol. The number of ketones is 1. The Labute approximate surface area is 195 Å². The first kappa shape index (κ1) is 24.5. The van der Waals surface area contributed by atoms with E-state index in [0.717, 1.165) is 30.8 Å². The number of hydrogen-bond acceptors (Lipinski definition) is 6. The van der Waals surface area contributed by atoms with Crippen LogP contribution in [0.15, 0.2) is 48.3 Å². The van der Waals surface area contributed by atoms with Crippen molar-refractivity contribution in [3.63, 3.8) is 0 Å². The molecule has 0 saturated carbocycles. The zero-order valence-corrected chi connectivity index (χ0v) is 19.9. The normalized spacial score (nSPS) is 17.7. The van der Waals surface area contributed by atoms with E-state index < -0.39 is 17.7 Å². The summed E-state index contributed by atoms with van der Waals surface area (Å²) in [5.41, 5.74) is 2.11. The van der Waals surface area contributed by atoms with Crippen LogP contribution in [0.2, 0.25) is 0 Å². The van der Waals surface area contributed by atoms with E-state index in [9.17, 15) is 14.7 Å². The Morgan fingerprint density at radius 1 is 1.18 bits per heavy atom. The van der Waals surface area contributed by atoms with Gasteiger partial charge in [0.2, 0.25) is 0 Å². The highest BCUT2D eigenvalue weighted by Crippen LogP contribution is 2.39. The van der Waals surface area contributed by atoms with Gasteiger partial charge < -0.3 is 19.6 Å². The quantitative estimate of drug-likeness (QED) is 0.335. The lowest BCUT2D eigenvalue weighted by molar-refractivity contribution is -0.140.